The van der Waals surface area contributed by atoms with Gasteiger partial charge in [0, 0.05) is 10.9 Å². The van der Waals surface area contributed by atoms with Gasteiger partial charge in [0.2, 0.25) is 0 Å². The molecule has 2 aromatic carbocycles. The Morgan fingerprint density at radius 1 is 1.12 bits per heavy atom. The Morgan fingerprint density at radius 2 is 1.92 bits per heavy atom. The number of hydrogen-bond acceptors (Lipinski definition) is 5. The van der Waals surface area contributed by atoms with Gasteiger partial charge >= 0.3 is 0 Å². The molecule has 132 valence electrons. The molecule has 0 fully saturated rings. The lowest BCUT2D eigenvalue weighted by Gasteiger charge is -2.09. The van der Waals surface area contributed by atoms with Gasteiger partial charge in [0.15, 0.2) is 11.5 Å². The van der Waals surface area contributed by atoms with Crippen molar-refractivity contribution in [2.45, 2.75) is 6.92 Å². The van der Waals surface area contributed by atoms with Crippen LogP contribution >= 0.6 is 0 Å². The van der Waals surface area contributed by atoms with Crippen LogP contribution in [0.2, 0.25) is 0 Å². The van der Waals surface area contributed by atoms with Crippen LogP contribution in [0.1, 0.15) is 21.6 Å². The third kappa shape index (κ3) is 3.49. The minimum absolute atomic E-state index is 0.320. The molecular weight excluding hydrogens is 330 g/mol. The lowest BCUT2D eigenvalue weighted by atomic mass is 10.1. The molecule has 1 aromatic heterocycles. The van der Waals surface area contributed by atoms with Crippen molar-refractivity contribution in [1.82, 2.24) is 10.4 Å². The predicted molar refractivity (Wildman–Crippen MR) is 101 cm³/mol. The minimum atomic E-state index is -0.320. The number of hydrazone groups is 1. The van der Waals surface area contributed by atoms with E-state index in [0.29, 0.717) is 28.3 Å². The van der Waals surface area contributed by atoms with Crippen LogP contribution in [-0.2, 0) is 0 Å². The standard InChI is InChI=1S/C20H19N3O3/c1-13-16(11-14-7-4-5-9-17(14)22-13)20(24)23-21-12-15-8-6-10-18(25-2)19(15)26-3/h4-12H,1-3H3,(H,23,24)/b21-12+. The largest absolute Gasteiger partial charge is 0.493 e. The number of carbonyl (C=O) groups excluding carboxylic acids is 1. The first-order valence-electron chi connectivity index (χ1n) is 8.05. The number of aromatic nitrogens is 1. The highest BCUT2D eigenvalue weighted by molar-refractivity contribution is 5.99. The number of carbonyl (C=O) groups is 1. The second-order valence-electron chi connectivity index (χ2n) is 5.60. The van der Waals surface area contributed by atoms with Crippen LogP contribution in [0.5, 0.6) is 11.5 Å². The van der Waals surface area contributed by atoms with Gasteiger partial charge in [0.1, 0.15) is 0 Å². The summed E-state index contributed by atoms with van der Waals surface area (Å²) in [6, 6.07) is 14.9. The summed E-state index contributed by atoms with van der Waals surface area (Å²) in [5.74, 6) is 0.827. The highest BCUT2D eigenvalue weighted by Gasteiger charge is 2.11. The van der Waals surface area contributed by atoms with E-state index >= 15 is 0 Å². The molecule has 0 aliphatic carbocycles. The number of ether oxygens (including phenoxy) is 2. The van der Waals surface area contributed by atoms with Crippen LogP contribution in [0.25, 0.3) is 10.9 Å². The Kier molecular flexibility index (Phi) is 5.12. The quantitative estimate of drug-likeness (QED) is 0.566. The fourth-order valence-corrected chi connectivity index (χ4v) is 2.68. The summed E-state index contributed by atoms with van der Waals surface area (Å²) < 4.78 is 10.6. The molecule has 1 amide bonds. The summed E-state index contributed by atoms with van der Waals surface area (Å²) in [5, 5.41) is 4.94. The first kappa shape index (κ1) is 17.4. The fraction of sp³-hybridized carbons (Fsp3) is 0.150. The van der Waals surface area contributed by atoms with Gasteiger partial charge in [-0.2, -0.15) is 5.10 Å². The number of methoxy groups -OCH3 is 2. The fourth-order valence-electron chi connectivity index (χ4n) is 2.68. The number of benzene rings is 2. The molecule has 0 atom stereocenters. The van der Waals surface area contributed by atoms with E-state index in [-0.39, 0.29) is 5.91 Å². The number of amides is 1. The zero-order valence-corrected chi connectivity index (χ0v) is 14.8. The summed E-state index contributed by atoms with van der Waals surface area (Å²) in [4.78, 5) is 16.9. The van der Waals surface area contributed by atoms with Crippen LogP contribution in [0.3, 0.4) is 0 Å². The average Bonchev–Trinajstić information content (AvgIpc) is 2.66. The van der Waals surface area contributed by atoms with E-state index in [0.717, 1.165) is 10.9 Å². The minimum Gasteiger partial charge on any atom is -0.493 e. The molecule has 3 rings (SSSR count). The number of fused-ring (bicyclic) bond motifs is 1. The zero-order chi connectivity index (χ0) is 18.5. The predicted octanol–water partition coefficient (Wildman–Crippen LogP) is 3.32. The van der Waals surface area contributed by atoms with E-state index in [2.05, 4.69) is 15.5 Å². The molecule has 0 radical (unpaired) electrons. The van der Waals surface area contributed by atoms with E-state index < -0.39 is 0 Å². The first-order chi connectivity index (χ1) is 12.6. The van der Waals surface area contributed by atoms with E-state index in [9.17, 15) is 4.79 Å². The topological polar surface area (TPSA) is 72.8 Å². The van der Waals surface area contributed by atoms with Gasteiger partial charge < -0.3 is 9.47 Å². The molecule has 6 heteroatoms. The van der Waals surface area contributed by atoms with Gasteiger partial charge in [0.05, 0.1) is 37.2 Å². The monoisotopic (exact) mass is 349 g/mol. The van der Waals surface area contributed by atoms with Gasteiger partial charge in [0.25, 0.3) is 5.91 Å². The highest BCUT2D eigenvalue weighted by atomic mass is 16.5. The number of hydrogen-bond donors (Lipinski definition) is 1. The van der Waals surface area contributed by atoms with Crippen molar-refractivity contribution >= 4 is 23.0 Å². The van der Waals surface area contributed by atoms with Crippen molar-refractivity contribution in [2.24, 2.45) is 5.10 Å². The van der Waals surface area contributed by atoms with Gasteiger partial charge in [-0.1, -0.05) is 24.3 Å². The molecule has 0 saturated carbocycles. The van der Waals surface area contributed by atoms with E-state index in [1.54, 1.807) is 27.2 Å². The molecule has 0 saturated heterocycles. The van der Waals surface area contributed by atoms with E-state index in [1.165, 1.54) is 6.21 Å². The number of nitrogens with zero attached hydrogens (tertiary/aromatic N) is 2. The number of para-hydroxylation sites is 2. The van der Waals surface area contributed by atoms with Gasteiger partial charge in [-0.3, -0.25) is 9.78 Å². The molecule has 1 heterocycles. The first-order valence-corrected chi connectivity index (χ1v) is 8.05. The van der Waals surface area contributed by atoms with E-state index in [4.69, 9.17) is 9.47 Å². The Labute approximate surface area is 151 Å². The van der Waals surface area contributed by atoms with Crippen molar-refractivity contribution in [1.29, 1.82) is 0 Å². The second-order valence-corrected chi connectivity index (χ2v) is 5.60. The molecule has 0 spiro atoms. The normalized spacial score (nSPS) is 10.9. The summed E-state index contributed by atoms with van der Waals surface area (Å²) in [5.41, 5.74) is 5.22. The Balaban J connectivity index is 1.81. The molecular formula is C20H19N3O3. The zero-order valence-electron chi connectivity index (χ0n) is 14.8. The average molecular weight is 349 g/mol. The molecule has 6 nitrogen and oxygen atoms in total. The molecule has 0 aliphatic heterocycles. The van der Waals surface area contributed by atoms with Crippen molar-refractivity contribution in [3.8, 4) is 11.5 Å². The maximum atomic E-state index is 12.5. The van der Waals surface area contributed by atoms with Crippen molar-refractivity contribution < 1.29 is 14.3 Å². The lowest BCUT2D eigenvalue weighted by Crippen LogP contribution is -2.19. The van der Waals surface area contributed by atoms with Gasteiger partial charge in [-0.25, -0.2) is 5.43 Å². The Bertz CT molecular complexity index is 983. The number of aryl methyl sites for hydroxylation is 1. The summed E-state index contributed by atoms with van der Waals surface area (Å²) in [6.45, 7) is 1.80. The van der Waals surface area contributed by atoms with E-state index in [1.807, 2.05) is 42.5 Å². The van der Waals surface area contributed by atoms with Crippen LogP contribution in [-0.4, -0.2) is 31.3 Å². The van der Waals surface area contributed by atoms with Crippen LogP contribution in [0.4, 0.5) is 0 Å². The number of pyridine rings is 1. The van der Waals surface area contributed by atoms with Crippen LogP contribution < -0.4 is 14.9 Å². The number of rotatable bonds is 5. The molecule has 0 unspecified atom stereocenters. The second kappa shape index (κ2) is 7.65. The smallest absolute Gasteiger partial charge is 0.273 e. The summed E-state index contributed by atoms with van der Waals surface area (Å²) in [6.07, 6.45) is 1.52. The van der Waals surface area contributed by atoms with Gasteiger partial charge in [-0.05, 0) is 31.2 Å². The Hall–Kier alpha value is -3.41. The van der Waals surface area contributed by atoms with Crippen LogP contribution in [0.15, 0.2) is 53.6 Å². The van der Waals surface area contributed by atoms with Gasteiger partial charge in [-0.15, -0.1) is 0 Å². The number of nitrogens with one attached hydrogen (secondary N) is 1. The molecule has 1 N–H and O–H groups in total. The summed E-state index contributed by atoms with van der Waals surface area (Å²) >= 11 is 0. The molecule has 0 aliphatic rings. The SMILES string of the molecule is COc1cccc(/C=N/NC(=O)c2cc3ccccc3nc2C)c1OC. The van der Waals surface area contributed by atoms with Crippen molar-refractivity contribution in [3.05, 3.63) is 65.4 Å². The maximum absolute atomic E-state index is 12.5. The summed E-state index contributed by atoms with van der Waals surface area (Å²) in [7, 11) is 3.12. The van der Waals surface area contributed by atoms with Crippen molar-refractivity contribution in [3.63, 3.8) is 0 Å². The third-order valence-electron chi connectivity index (χ3n) is 3.96. The van der Waals surface area contributed by atoms with Crippen molar-refractivity contribution in [2.75, 3.05) is 14.2 Å². The highest BCUT2D eigenvalue weighted by Crippen LogP contribution is 2.29. The van der Waals surface area contributed by atoms with Crippen LogP contribution in [0, 0.1) is 6.92 Å². The lowest BCUT2D eigenvalue weighted by molar-refractivity contribution is 0.0954. The molecule has 0 bridgehead atoms. The third-order valence-corrected chi connectivity index (χ3v) is 3.96. The maximum Gasteiger partial charge on any atom is 0.273 e. The molecule has 3 aromatic rings. The Morgan fingerprint density at radius 3 is 2.69 bits per heavy atom. The molecule has 26 heavy (non-hydrogen) atoms.